The van der Waals surface area contributed by atoms with E-state index in [9.17, 15) is 14.9 Å². The number of nitrogens with zero attached hydrogens (tertiary/aromatic N) is 1. The monoisotopic (exact) mass is 464 g/mol. The number of nitrogens with one attached hydrogen (secondary N) is 1. The maximum atomic E-state index is 13.5. The first-order chi connectivity index (χ1) is 16.8. The Labute approximate surface area is 202 Å². The number of non-ortho nitro benzene ring substituents is 1. The van der Waals surface area contributed by atoms with Crippen LogP contribution in [0.3, 0.4) is 0 Å². The maximum Gasteiger partial charge on any atom is 0.269 e. The summed E-state index contributed by atoms with van der Waals surface area (Å²) in [6, 6.07) is 22.1. The van der Waals surface area contributed by atoms with E-state index in [0.717, 1.165) is 45.2 Å². The first-order valence-corrected chi connectivity index (χ1v) is 11.7. The summed E-state index contributed by atoms with van der Waals surface area (Å²) in [4.78, 5) is 24.1. The van der Waals surface area contributed by atoms with Crippen molar-refractivity contribution in [3.63, 3.8) is 0 Å². The molecule has 1 aliphatic heterocycles. The Morgan fingerprint density at radius 3 is 2.51 bits per heavy atom. The van der Waals surface area contributed by atoms with E-state index in [2.05, 4.69) is 43.4 Å². The normalized spacial score (nSPS) is 18.7. The van der Waals surface area contributed by atoms with Crippen molar-refractivity contribution >= 4 is 33.5 Å². The lowest BCUT2D eigenvalue weighted by molar-refractivity contribution is -0.384. The largest absolute Gasteiger partial charge is 0.459 e. The van der Waals surface area contributed by atoms with Gasteiger partial charge in [0.2, 0.25) is 0 Å². The van der Waals surface area contributed by atoms with Crippen LogP contribution in [0.25, 0.3) is 27.7 Å². The highest BCUT2D eigenvalue weighted by Crippen LogP contribution is 2.52. The van der Waals surface area contributed by atoms with Crippen molar-refractivity contribution in [3.8, 4) is 11.3 Å². The standard InChI is InChI=1S/C29H24N2O4/c1-29(2)15-21-26-20-6-4-3-5-17(20)9-12-22(26)30-28(27(21)23(32)16-29)25-14-13-24(35-25)18-7-10-19(11-8-18)31(33)34/h3-14,28,30H,15-16H2,1-2H3/t28-/m0/s1. The number of nitro groups is 1. The van der Waals surface area contributed by atoms with Crippen LogP contribution >= 0.6 is 0 Å². The SMILES string of the molecule is CC1(C)CC(=O)C2=C(C1)c1c(ccc3ccccc13)N[C@H]2c1ccc(-c2ccc([N+](=O)[O-])cc2)o1. The van der Waals surface area contributed by atoms with E-state index >= 15 is 0 Å². The number of rotatable bonds is 3. The molecule has 0 radical (unpaired) electrons. The molecule has 1 N–H and O–H groups in total. The molecule has 2 heterocycles. The van der Waals surface area contributed by atoms with Crippen LogP contribution in [0.4, 0.5) is 11.4 Å². The number of ketones is 1. The number of carbonyl (C=O) groups is 1. The van der Waals surface area contributed by atoms with Crippen molar-refractivity contribution in [2.75, 3.05) is 5.32 Å². The van der Waals surface area contributed by atoms with Crippen molar-refractivity contribution in [3.05, 3.63) is 99.8 Å². The third-order valence-corrected chi connectivity index (χ3v) is 7.01. The first-order valence-electron chi connectivity index (χ1n) is 11.7. The second-order valence-electron chi connectivity index (χ2n) is 10.1. The molecule has 3 aromatic carbocycles. The molecule has 6 heteroatoms. The zero-order valence-electron chi connectivity index (χ0n) is 19.5. The summed E-state index contributed by atoms with van der Waals surface area (Å²) in [6.07, 6.45) is 1.29. The molecule has 0 amide bonds. The van der Waals surface area contributed by atoms with Crippen molar-refractivity contribution in [1.29, 1.82) is 0 Å². The summed E-state index contributed by atoms with van der Waals surface area (Å²) in [6.45, 7) is 4.30. The first kappa shape index (κ1) is 21.4. The molecule has 0 bridgehead atoms. The van der Waals surface area contributed by atoms with Crippen molar-refractivity contribution in [2.24, 2.45) is 5.41 Å². The van der Waals surface area contributed by atoms with Gasteiger partial charge in [-0.3, -0.25) is 14.9 Å². The van der Waals surface area contributed by atoms with Gasteiger partial charge in [0.1, 0.15) is 17.6 Å². The molecule has 174 valence electrons. The number of benzene rings is 3. The van der Waals surface area contributed by atoms with Crippen molar-refractivity contribution in [1.82, 2.24) is 0 Å². The number of allylic oxidation sites excluding steroid dienone is 1. The second-order valence-corrected chi connectivity index (χ2v) is 10.1. The zero-order valence-corrected chi connectivity index (χ0v) is 19.5. The lowest BCUT2D eigenvalue weighted by atomic mass is 9.68. The van der Waals surface area contributed by atoms with Gasteiger partial charge < -0.3 is 9.73 Å². The molecule has 4 aromatic rings. The predicted octanol–water partition coefficient (Wildman–Crippen LogP) is 7.32. The van der Waals surface area contributed by atoms with E-state index in [-0.39, 0.29) is 16.9 Å². The molecule has 6 rings (SSSR count). The summed E-state index contributed by atoms with van der Waals surface area (Å²) in [5, 5.41) is 16.9. The highest BCUT2D eigenvalue weighted by Gasteiger charge is 2.41. The summed E-state index contributed by atoms with van der Waals surface area (Å²) >= 11 is 0. The van der Waals surface area contributed by atoms with Gasteiger partial charge in [-0.15, -0.1) is 0 Å². The second kappa shape index (κ2) is 7.67. The van der Waals surface area contributed by atoms with Crippen LogP contribution in [0.1, 0.15) is 44.1 Å². The Morgan fingerprint density at radius 2 is 1.74 bits per heavy atom. The highest BCUT2D eigenvalue weighted by molar-refractivity contribution is 6.12. The fourth-order valence-corrected chi connectivity index (χ4v) is 5.46. The van der Waals surface area contributed by atoms with Crippen LogP contribution < -0.4 is 5.32 Å². The summed E-state index contributed by atoms with van der Waals surface area (Å²) in [7, 11) is 0. The minimum absolute atomic E-state index is 0.0310. The number of anilines is 1. The van der Waals surface area contributed by atoms with Gasteiger partial charge in [0.25, 0.3) is 5.69 Å². The van der Waals surface area contributed by atoms with E-state index in [1.165, 1.54) is 12.1 Å². The van der Waals surface area contributed by atoms with Gasteiger partial charge in [-0.1, -0.05) is 44.2 Å². The van der Waals surface area contributed by atoms with E-state index in [4.69, 9.17) is 4.42 Å². The number of furan rings is 1. The van der Waals surface area contributed by atoms with Gasteiger partial charge in [-0.25, -0.2) is 0 Å². The molecule has 0 saturated heterocycles. The minimum Gasteiger partial charge on any atom is -0.459 e. The van der Waals surface area contributed by atoms with Crippen LogP contribution in [0.2, 0.25) is 0 Å². The fraction of sp³-hybridized carbons (Fsp3) is 0.207. The third-order valence-electron chi connectivity index (χ3n) is 7.01. The van der Waals surface area contributed by atoms with Crippen LogP contribution in [0.5, 0.6) is 0 Å². The van der Waals surface area contributed by atoms with Crippen molar-refractivity contribution < 1.29 is 14.1 Å². The van der Waals surface area contributed by atoms with Gasteiger partial charge in [0.05, 0.1) is 4.92 Å². The Balaban J connectivity index is 1.48. The van der Waals surface area contributed by atoms with Gasteiger partial charge in [-0.05, 0) is 58.5 Å². The Morgan fingerprint density at radius 1 is 0.971 bits per heavy atom. The van der Waals surface area contributed by atoms with E-state index in [1.54, 1.807) is 12.1 Å². The Bertz CT molecular complexity index is 1540. The Kier molecular flexibility index (Phi) is 4.68. The van der Waals surface area contributed by atoms with Gasteiger partial charge in [0, 0.05) is 40.9 Å². The molecular formula is C29H24N2O4. The zero-order chi connectivity index (χ0) is 24.3. The third kappa shape index (κ3) is 3.53. The summed E-state index contributed by atoms with van der Waals surface area (Å²) in [5.74, 6) is 1.39. The predicted molar refractivity (Wildman–Crippen MR) is 136 cm³/mol. The molecule has 0 saturated carbocycles. The van der Waals surface area contributed by atoms with Gasteiger partial charge in [0.15, 0.2) is 5.78 Å². The van der Waals surface area contributed by atoms with E-state index in [0.29, 0.717) is 17.9 Å². The molecule has 1 aromatic heterocycles. The average Bonchev–Trinajstić information content (AvgIpc) is 3.32. The lowest BCUT2D eigenvalue weighted by Crippen LogP contribution is -2.33. The molecule has 35 heavy (non-hydrogen) atoms. The number of fused-ring (bicyclic) bond motifs is 4. The lowest BCUT2D eigenvalue weighted by Gasteiger charge is -2.39. The molecule has 2 aliphatic rings. The molecule has 0 spiro atoms. The van der Waals surface area contributed by atoms with Gasteiger partial charge >= 0.3 is 0 Å². The highest BCUT2D eigenvalue weighted by atomic mass is 16.6. The topological polar surface area (TPSA) is 85.4 Å². The van der Waals surface area contributed by atoms with E-state index in [1.807, 2.05) is 24.3 Å². The Hall–Kier alpha value is -4.19. The number of carbonyl (C=O) groups excluding carboxylic acids is 1. The summed E-state index contributed by atoms with van der Waals surface area (Å²) in [5.41, 5.74) is 4.62. The van der Waals surface area contributed by atoms with Crippen LogP contribution in [0, 0.1) is 15.5 Å². The smallest absolute Gasteiger partial charge is 0.269 e. The van der Waals surface area contributed by atoms with Crippen LogP contribution in [-0.2, 0) is 4.79 Å². The van der Waals surface area contributed by atoms with Gasteiger partial charge in [-0.2, -0.15) is 0 Å². The molecule has 1 aliphatic carbocycles. The van der Waals surface area contributed by atoms with Crippen molar-refractivity contribution in [2.45, 2.75) is 32.7 Å². The quantitative estimate of drug-likeness (QED) is 0.254. The number of hydrogen-bond donors (Lipinski definition) is 1. The molecule has 0 unspecified atom stereocenters. The minimum atomic E-state index is -0.422. The summed E-state index contributed by atoms with van der Waals surface area (Å²) < 4.78 is 6.24. The number of Topliss-reactive ketones (excluding diaryl/α,β-unsaturated/α-hetero) is 1. The fourth-order valence-electron chi connectivity index (χ4n) is 5.46. The maximum absolute atomic E-state index is 13.5. The molecular weight excluding hydrogens is 440 g/mol. The molecule has 1 atom stereocenters. The van der Waals surface area contributed by atoms with Crippen LogP contribution in [0.15, 0.2) is 82.8 Å². The molecule has 0 fully saturated rings. The average molecular weight is 465 g/mol. The van der Waals surface area contributed by atoms with E-state index < -0.39 is 11.0 Å². The van der Waals surface area contributed by atoms with Crippen LogP contribution in [-0.4, -0.2) is 10.7 Å². The molecule has 6 nitrogen and oxygen atoms in total. The number of hydrogen-bond acceptors (Lipinski definition) is 5. The number of nitro benzene ring substituents is 1.